The van der Waals surface area contributed by atoms with E-state index in [1.54, 1.807) is 0 Å². The summed E-state index contributed by atoms with van der Waals surface area (Å²) in [5.74, 6) is 0. The van der Waals surface area contributed by atoms with Crippen molar-refractivity contribution in [3.05, 3.63) is 77.4 Å². The molecule has 0 aromatic heterocycles. The molecule has 2 rings (SSSR count). The minimum atomic E-state index is 0.867. The number of hydrogen-bond acceptors (Lipinski definition) is 0. The average Bonchev–Trinajstić information content (AvgIpc) is 2.38. The summed E-state index contributed by atoms with van der Waals surface area (Å²) in [5.41, 5.74) is 5.17. The number of benzene rings is 2. The van der Waals surface area contributed by atoms with E-state index in [1.807, 2.05) is 6.07 Å². The van der Waals surface area contributed by atoms with Gasteiger partial charge in [-0.05, 0) is 29.2 Å². The van der Waals surface area contributed by atoms with Gasteiger partial charge in [0.15, 0.2) is 0 Å². The van der Waals surface area contributed by atoms with E-state index in [1.165, 1.54) is 22.3 Å². The maximum absolute atomic E-state index is 3.49. The number of aryl methyl sites for hydroxylation is 1. The van der Waals surface area contributed by atoms with Crippen LogP contribution in [0.25, 0.3) is 5.57 Å². The Hall–Kier alpha value is -1.34. The van der Waals surface area contributed by atoms with E-state index in [9.17, 15) is 0 Å². The molecule has 0 nitrogen and oxygen atoms in total. The second-order valence-corrected chi connectivity index (χ2v) is 4.60. The van der Waals surface area contributed by atoms with Gasteiger partial charge >= 0.3 is 0 Å². The Balaban J connectivity index is 2.52. The minimum Gasteiger partial charge on any atom is -0.0883 e. The SMILES string of the molecule is Cc1ccccc1/C(=C/CBr)c1ccccc1. The topological polar surface area (TPSA) is 0 Å². The van der Waals surface area contributed by atoms with Crippen molar-refractivity contribution >= 4 is 21.5 Å². The summed E-state index contributed by atoms with van der Waals surface area (Å²) in [7, 11) is 0. The zero-order chi connectivity index (χ0) is 12.1. The third-order valence-electron chi connectivity index (χ3n) is 2.80. The van der Waals surface area contributed by atoms with E-state index >= 15 is 0 Å². The predicted molar refractivity (Wildman–Crippen MR) is 78.5 cm³/mol. The molecule has 0 bridgehead atoms. The van der Waals surface area contributed by atoms with Crippen LogP contribution >= 0.6 is 15.9 Å². The van der Waals surface area contributed by atoms with Gasteiger partial charge in [0.05, 0.1) is 0 Å². The molecule has 86 valence electrons. The van der Waals surface area contributed by atoms with Crippen LogP contribution in [0.15, 0.2) is 60.7 Å². The molecule has 0 spiro atoms. The van der Waals surface area contributed by atoms with Crippen LogP contribution in [-0.2, 0) is 0 Å². The van der Waals surface area contributed by atoms with Crippen molar-refractivity contribution in [2.24, 2.45) is 0 Å². The van der Waals surface area contributed by atoms with E-state index in [0.717, 1.165) is 5.33 Å². The van der Waals surface area contributed by atoms with Gasteiger partial charge in [0.2, 0.25) is 0 Å². The summed E-state index contributed by atoms with van der Waals surface area (Å²) in [4.78, 5) is 0. The Morgan fingerprint density at radius 2 is 1.65 bits per heavy atom. The molecule has 0 unspecified atom stereocenters. The number of rotatable bonds is 3. The first-order valence-corrected chi connectivity index (χ1v) is 6.82. The molecule has 2 aromatic carbocycles. The number of alkyl halides is 1. The zero-order valence-corrected chi connectivity index (χ0v) is 11.4. The average molecular weight is 287 g/mol. The Morgan fingerprint density at radius 3 is 2.29 bits per heavy atom. The van der Waals surface area contributed by atoms with Crippen LogP contribution in [0.2, 0.25) is 0 Å². The lowest BCUT2D eigenvalue weighted by Crippen LogP contribution is -1.91. The summed E-state index contributed by atoms with van der Waals surface area (Å²) in [5, 5.41) is 0.867. The molecule has 0 heterocycles. The lowest BCUT2D eigenvalue weighted by Gasteiger charge is -2.11. The van der Waals surface area contributed by atoms with E-state index in [-0.39, 0.29) is 0 Å². The van der Waals surface area contributed by atoms with Crippen LogP contribution < -0.4 is 0 Å². The highest BCUT2D eigenvalue weighted by Gasteiger charge is 2.06. The largest absolute Gasteiger partial charge is 0.0883 e. The Kier molecular flexibility index (Phi) is 4.16. The molecular weight excluding hydrogens is 272 g/mol. The molecule has 0 saturated carbocycles. The summed E-state index contributed by atoms with van der Waals surface area (Å²) in [6, 6.07) is 19.0. The van der Waals surface area contributed by atoms with Gasteiger partial charge < -0.3 is 0 Å². The van der Waals surface area contributed by atoms with Gasteiger partial charge in [0.25, 0.3) is 0 Å². The fourth-order valence-electron chi connectivity index (χ4n) is 1.95. The van der Waals surface area contributed by atoms with Crippen molar-refractivity contribution in [1.29, 1.82) is 0 Å². The van der Waals surface area contributed by atoms with Crippen LogP contribution in [-0.4, -0.2) is 5.33 Å². The van der Waals surface area contributed by atoms with Crippen LogP contribution in [0.1, 0.15) is 16.7 Å². The van der Waals surface area contributed by atoms with Gasteiger partial charge in [0, 0.05) is 5.33 Å². The fraction of sp³-hybridized carbons (Fsp3) is 0.125. The van der Waals surface area contributed by atoms with Gasteiger partial charge in [-0.1, -0.05) is 76.6 Å². The van der Waals surface area contributed by atoms with Crippen molar-refractivity contribution in [3.63, 3.8) is 0 Å². The first-order chi connectivity index (χ1) is 8.33. The van der Waals surface area contributed by atoms with Crippen molar-refractivity contribution in [3.8, 4) is 0 Å². The summed E-state index contributed by atoms with van der Waals surface area (Å²) in [6.45, 7) is 2.15. The lowest BCUT2D eigenvalue weighted by molar-refractivity contribution is 1.41. The van der Waals surface area contributed by atoms with E-state index in [0.29, 0.717) is 0 Å². The van der Waals surface area contributed by atoms with Gasteiger partial charge in [-0.25, -0.2) is 0 Å². The molecule has 0 N–H and O–H groups in total. The molecule has 1 heteroatoms. The minimum absolute atomic E-state index is 0.867. The van der Waals surface area contributed by atoms with Crippen molar-refractivity contribution in [2.45, 2.75) is 6.92 Å². The third kappa shape index (κ3) is 2.86. The monoisotopic (exact) mass is 286 g/mol. The maximum atomic E-state index is 3.49. The number of hydrogen-bond donors (Lipinski definition) is 0. The number of halogens is 1. The van der Waals surface area contributed by atoms with E-state index in [2.05, 4.69) is 77.5 Å². The third-order valence-corrected chi connectivity index (χ3v) is 3.13. The molecule has 0 aliphatic rings. The van der Waals surface area contributed by atoms with Gasteiger partial charge in [-0.2, -0.15) is 0 Å². The molecule has 0 saturated heterocycles. The van der Waals surface area contributed by atoms with Crippen LogP contribution in [0.3, 0.4) is 0 Å². The lowest BCUT2D eigenvalue weighted by atomic mass is 9.94. The second kappa shape index (κ2) is 5.83. The molecule has 17 heavy (non-hydrogen) atoms. The highest BCUT2D eigenvalue weighted by Crippen LogP contribution is 2.26. The smallest absolute Gasteiger partial charge is 0.0221 e. The van der Waals surface area contributed by atoms with Crippen LogP contribution in [0.4, 0.5) is 0 Å². The fourth-order valence-corrected chi connectivity index (χ4v) is 2.28. The second-order valence-electron chi connectivity index (χ2n) is 3.95. The Bertz CT molecular complexity index is 512. The van der Waals surface area contributed by atoms with Gasteiger partial charge in [0.1, 0.15) is 0 Å². The van der Waals surface area contributed by atoms with E-state index < -0.39 is 0 Å². The first-order valence-electron chi connectivity index (χ1n) is 5.70. The van der Waals surface area contributed by atoms with Crippen molar-refractivity contribution < 1.29 is 0 Å². The van der Waals surface area contributed by atoms with Gasteiger partial charge in [-0.3, -0.25) is 0 Å². The van der Waals surface area contributed by atoms with Crippen LogP contribution in [0, 0.1) is 6.92 Å². The molecule has 0 amide bonds. The molecule has 2 aromatic rings. The van der Waals surface area contributed by atoms with Crippen molar-refractivity contribution in [1.82, 2.24) is 0 Å². The van der Waals surface area contributed by atoms with Crippen LogP contribution in [0.5, 0.6) is 0 Å². The molecule has 0 radical (unpaired) electrons. The molecular formula is C16H15Br. The highest BCUT2D eigenvalue weighted by atomic mass is 79.9. The standard InChI is InChI=1S/C16H15Br/c1-13-7-5-6-10-15(13)16(11-12-17)14-8-3-2-4-9-14/h2-11H,12H2,1H3/b16-11+. The molecule has 0 fully saturated rings. The Labute approximate surface area is 111 Å². The van der Waals surface area contributed by atoms with Crippen molar-refractivity contribution in [2.75, 3.05) is 5.33 Å². The zero-order valence-electron chi connectivity index (χ0n) is 9.86. The van der Waals surface area contributed by atoms with Gasteiger partial charge in [-0.15, -0.1) is 0 Å². The summed E-state index contributed by atoms with van der Waals surface area (Å²) < 4.78 is 0. The normalized spacial score (nSPS) is 11.5. The highest BCUT2D eigenvalue weighted by molar-refractivity contribution is 9.09. The molecule has 0 aliphatic carbocycles. The Morgan fingerprint density at radius 1 is 1.00 bits per heavy atom. The maximum Gasteiger partial charge on any atom is 0.0221 e. The molecule has 0 aliphatic heterocycles. The summed E-state index contributed by atoms with van der Waals surface area (Å²) in [6.07, 6.45) is 2.22. The quantitative estimate of drug-likeness (QED) is 0.710. The summed E-state index contributed by atoms with van der Waals surface area (Å²) >= 11 is 3.49. The molecule has 0 atom stereocenters. The number of allylic oxidation sites excluding steroid dienone is 1. The predicted octanol–water partition coefficient (Wildman–Crippen LogP) is 4.82. The first kappa shape index (κ1) is 12.1. The van der Waals surface area contributed by atoms with E-state index in [4.69, 9.17) is 0 Å².